The maximum Gasteiger partial charge on any atom is 0.224 e. The number of anilines is 1. The van der Waals surface area contributed by atoms with E-state index >= 15 is 0 Å². The zero-order valence-corrected chi connectivity index (χ0v) is 12.8. The Hall–Kier alpha value is -1.85. The van der Waals surface area contributed by atoms with Crippen molar-refractivity contribution in [3.8, 4) is 0 Å². The zero-order valence-electron chi connectivity index (χ0n) is 12.8. The minimum atomic E-state index is -0.405. The fourth-order valence-corrected chi connectivity index (χ4v) is 2.08. The Kier molecular flexibility index (Phi) is 9.13. The summed E-state index contributed by atoms with van der Waals surface area (Å²) >= 11 is 0. The SMILES string of the molecule is C.CC.CCC(=O)Nc1cn(C(CO)CO)c2ccccc12. The van der Waals surface area contributed by atoms with Crippen LogP contribution in [0.4, 0.5) is 5.69 Å². The lowest BCUT2D eigenvalue weighted by molar-refractivity contribution is -0.115. The highest BCUT2D eigenvalue weighted by atomic mass is 16.3. The average molecular weight is 308 g/mol. The summed E-state index contributed by atoms with van der Waals surface area (Å²) in [6.07, 6.45) is 2.16. The van der Waals surface area contributed by atoms with Gasteiger partial charge in [-0.3, -0.25) is 4.79 Å². The molecule has 0 aliphatic carbocycles. The number of nitrogens with zero attached hydrogens (tertiary/aromatic N) is 1. The van der Waals surface area contributed by atoms with Crippen molar-refractivity contribution in [2.75, 3.05) is 18.5 Å². The van der Waals surface area contributed by atoms with Crippen molar-refractivity contribution in [2.45, 2.75) is 40.7 Å². The maximum absolute atomic E-state index is 11.5. The molecule has 0 saturated heterocycles. The molecule has 1 aromatic carbocycles. The van der Waals surface area contributed by atoms with Crippen molar-refractivity contribution in [3.63, 3.8) is 0 Å². The number of benzene rings is 1. The van der Waals surface area contributed by atoms with Gasteiger partial charge in [0, 0.05) is 18.0 Å². The number of hydrogen-bond acceptors (Lipinski definition) is 3. The molecule has 5 nitrogen and oxygen atoms in total. The average Bonchev–Trinajstić information content (AvgIpc) is 2.89. The summed E-state index contributed by atoms with van der Waals surface area (Å²) < 4.78 is 1.79. The number of hydrogen-bond donors (Lipinski definition) is 3. The second kappa shape index (κ2) is 9.97. The number of carbonyl (C=O) groups is 1. The second-order valence-electron chi connectivity index (χ2n) is 4.39. The van der Waals surface area contributed by atoms with E-state index in [9.17, 15) is 15.0 Å². The van der Waals surface area contributed by atoms with E-state index in [0.29, 0.717) is 12.1 Å². The Morgan fingerprint density at radius 1 is 1.23 bits per heavy atom. The van der Waals surface area contributed by atoms with E-state index in [2.05, 4.69) is 5.32 Å². The molecule has 1 amide bonds. The van der Waals surface area contributed by atoms with E-state index < -0.39 is 6.04 Å². The highest BCUT2D eigenvalue weighted by Gasteiger charge is 2.15. The van der Waals surface area contributed by atoms with E-state index in [1.165, 1.54) is 0 Å². The monoisotopic (exact) mass is 308 g/mol. The van der Waals surface area contributed by atoms with Crippen LogP contribution in [0, 0.1) is 0 Å². The molecule has 0 spiro atoms. The first-order valence-corrected chi connectivity index (χ1v) is 7.32. The lowest BCUT2D eigenvalue weighted by Crippen LogP contribution is -2.16. The fourth-order valence-electron chi connectivity index (χ4n) is 2.08. The third-order valence-electron chi connectivity index (χ3n) is 3.15. The minimum absolute atomic E-state index is 0. The van der Waals surface area contributed by atoms with Crippen LogP contribution in [-0.2, 0) is 4.79 Å². The number of aliphatic hydroxyl groups is 2. The Labute approximate surface area is 132 Å². The van der Waals surface area contributed by atoms with Crippen LogP contribution < -0.4 is 5.32 Å². The Balaban J connectivity index is 0.00000141. The van der Waals surface area contributed by atoms with Crippen LogP contribution in [0.5, 0.6) is 0 Å². The second-order valence-corrected chi connectivity index (χ2v) is 4.39. The van der Waals surface area contributed by atoms with E-state index in [0.717, 1.165) is 10.9 Å². The number of fused-ring (bicyclic) bond motifs is 1. The Morgan fingerprint density at radius 3 is 2.36 bits per heavy atom. The molecule has 2 aromatic rings. The van der Waals surface area contributed by atoms with Crippen LogP contribution in [0.3, 0.4) is 0 Å². The van der Waals surface area contributed by atoms with Crippen molar-refractivity contribution in [2.24, 2.45) is 0 Å². The number of rotatable bonds is 5. The van der Waals surface area contributed by atoms with Gasteiger partial charge < -0.3 is 20.1 Å². The molecule has 2 rings (SSSR count). The summed E-state index contributed by atoms with van der Waals surface area (Å²) in [6, 6.07) is 7.17. The molecule has 0 unspecified atom stereocenters. The predicted molar refractivity (Wildman–Crippen MR) is 92.1 cm³/mol. The topological polar surface area (TPSA) is 74.5 Å². The van der Waals surface area contributed by atoms with Gasteiger partial charge in [-0.15, -0.1) is 0 Å². The van der Waals surface area contributed by atoms with Crippen LogP contribution in [0.2, 0.25) is 0 Å². The van der Waals surface area contributed by atoms with Crippen LogP contribution in [0.25, 0.3) is 10.9 Å². The van der Waals surface area contributed by atoms with Gasteiger partial charge in [0.2, 0.25) is 5.91 Å². The van der Waals surface area contributed by atoms with Gasteiger partial charge in [-0.25, -0.2) is 0 Å². The molecular formula is C17H28N2O3. The molecule has 0 atom stereocenters. The van der Waals surface area contributed by atoms with E-state index in [4.69, 9.17) is 0 Å². The number of carbonyl (C=O) groups excluding carboxylic acids is 1. The number of amides is 1. The third-order valence-corrected chi connectivity index (χ3v) is 3.15. The third kappa shape index (κ3) is 4.32. The summed E-state index contributed by atoms with van der Waals surface area (Å²) in [5.74, 6) is -0.0625. The Morgan fingerprint density at radius 2 is 1.82 bits per heavy atom. The Bertz CT molecular complexity index is 574. The molecule has 0 fully saturated rings. The summed E-state index contributed by atoms with van der Waals surface area (Å²) in [6.45, 7) is 5.48. The van der Waals surface area contributed by atoms with E-state index in [-0.39, 0.29) is 26.5 Å². The van der Waals surface area contributed by atoms with Gasteiger partial charge in [-0.1, -0.05) is 46.4 Å². The highest BCUT2D eigenvalue weighted by molar-refractivity contribution is 6.01. The standard InChI is InChI=1S/C14H18N2O3.C2H6.CH4/c1-2-14(19)15-12-7-16(10(8-17)9-18)13-6-4-3-5-11(12)13;1-2;/h3-7,10,17-18H,2,8-9H2,1H3,(H,15,19);1-2H3;1H4. The first-order chi connectivity index (χ1) is 10.2. The van der Waals surface area contributed by atoms with Crippen LogP contribution >= 0.6 is 0 Å². The molecule has 0 aliphatic heterocycles. The summed E-state index contributed by atoms with van der Waals surface area (Å²) in [4.78, 5) is 11.5. The smallest absolute Gasteiger partial charge is 0.224 e. The van der Waals surface area contributed by atoms with Crippen molar-refractivity contribution < 1.29 is 15.0 Å². The van der Waals surface area contributed by atoms with Crippen molar-refractivity contribution in [3.05, 3.63) is 30.5 Å². The fraction of sp³-hybridized carbons (Fsp3) is 0.471. The van der Waals surface area contributed by atoms with Crippen molar-refractivity contribution >= 4 is 22.5 Å². The van der Waals surface area contributed by atoms with Gasteiger partial charge in [0.05, 0.1) is 30.5 Å². The predicted octanol–water partition coefficient (Wildman–Crippen LogP) is 3.18. The van der Waals surface area contributed by atoms with Gasteiger partial charge in [-0.2, -0.15) is 0 Å². The summed E-state index contributed by atoms with van der Waals surface area (Å²) in [7, 11) is 0. The highest BCUT2D eigenvalue weighted by Crippen LogP contribution is 2.28. The quantitative estimate of drug-likeness (QED) is 0.794. The lowest BCUT2D eigenvalue weighted by Gasteiger charge is -2.14. The molecule has 0 saturated carbocycles. The largest absolute Gasteiger partial charge is 0.394 e. The molecule has 0 radical (unpaired) electrons. The molecule has 22 heavy (non-hydrogen) atoms. The van der Waals surface area contributed by atoms with Crippen molar-refractivity contribution in [1.82, 2.24) is 4.57 Å². The molecular weight excluding hydrogens is 280 g/mol. The van der Waals surface area contributed by atoms with Gasteiger partial charge in [0.15, 0.2) is 0 Å². The normalized spacial score (nSPS) is 9.91. The van der Waals surface area contributed by atoms with Crippen molar-refractivity contribution in [1.29, 1.82) is 0 Å². The summed E-state index contributed by atoms with van der Waals surface area (Å²) in [5, 5.41) is 22.4. The molecule has 0 bridgehead atoms. The first-order valence-electron chi connectivity index (χ1n) is 7.32. The maximum atomic E-state index is 11.5. The van der Waals surface area contributed by atoms with Crippen LogP contribution in [0.1, 0.15) is 40.7 Å². The van der Waals surface area contributed by atoms with Gasteiger partial charge in [0.25, 0.3) is 0 Å². The van der Waals surface area contributed by atoms with Gasteiger partial charge in [-0.05, 0) is 6.07 Å². The molecule has 0 aliphatic rings. The van der Waals surface area contributed by atoms with Crippen LogP contribution in [0.15, 0.2) is 30.5 Å². The molecule has 1 heterocycles. The molecule has 3 N–H and O–H groups in total. The molecule has 124 valence electrons. The van der Waals surface area contributed by atoms with Crippen LogP contribution in [-0.4, -0.2) is 33.9 Å². The number of para-hydroxylation sites is 1. The van der Waals surface area contributed by atoms with Gasteiger partial charge in [0.1, 0.15) is 0 Å². The molecule has 1 aromatic heterocycles. The number of aromatic nitrogens is 1. The van der Waals surface area contributed by atoms with E-state index in [1.54, 1.807) is 17.7 Å². The van der Waals surface area contributed by atoms with E-state index in [1.807, 2.05) is 38.1 Å². The first kappa shape index (κ1) is 20.1. The number of nitrogens with one attached hydrogen (secondary N) is 1. The lowest BCUT2D eigenvalue weighted by atomic mass is 10.2. The zero-order chi connectivity index (χ0) is 15.8. The molecule has 5 heteroatoms. The number of aliphatic hydroxyl groups excluding tert-OH is 2. The van der Waals surface area contributed by atoms with Gasteiger partial charge >= 0.3 is 0 Å². The minimum Gasteiger partial charge on any atom is -0.394 e. The summed E-state index contributed by atoms with van der Waals surface area (Å²) in [5.41, 5.74) is 1.58.